The van der Waals surface area contributed by atoms with Gasteiger partial charge in [0, 0.05) is 29.6 Å². The van der Waals surface area contributed by atoms with Crippen molar-refractivity contribution in [2.45, 2.75) is 6.54 Å². The van der Waals surface area contributed by atoms with E-state index in [2.05, 4.69) is 0 Å². The van der Waals surface area contributed by atoms with E-state index in [4.69, 9.17) is 14.5 Å². The molecule has 1 N–H and O–H groups in total. The van der Waals surface area contributed by atoms with Crippen molar-refractivity contribution in [3.8, 4) is 22.8 Å². The summed E-state index contributed by atoms with van der Waals surface area (Å²) >= 11 is 0. The van der Waals surface area contributed by atoms with Gasteiger partial charge in [-0.15, -0.1) is 0 Å². The smallest absolute Gasteiger partial charge is 0.255 e. The molecule has 0 saturated heterocycles. The number of para-hydroxylation sites is 1. The van der Waals surface area contributed by atoms with Crippen LogP contribution in [-0.4, -0.2) is 48.3 Å². The number of hydrogen-bond acceptors (Lipinski definition) is 5. The van der Waals surface area contributed by atoms with E-state index < -0.39 is 0 Å². The molecule has 168 valence electrons. The fraction of sp³-hybridized carbons (Fsp3) is 0.185. The average Bonchev–Trinajstić information content (AvgIpc) is 2.87. The molecule has 6 heteroatoms. The van der Waals surface area contributed by atoms with E-state index in [9.17, 15) is 9.90 Å². The summed E-state index contributed by atoms with van der Waals surface area (Å²) in [6.45, 7) is 0.278. The van der Waals surface area contributed by atoms with Crippen LogP contribution in [0.5, 0.6) is 11.5 Å². The Balaban J connectivity index is 1.78. The maximum absolute atomic E-state index is 13.8. The maximum atomic E-state index is 13.8. The first-order valence-corrected chi connectivity index (χ1v) is 10.7. The highest BCUT2D eigenvalue weighted by Crippen LogP contribution is 2.28. The number of ether oxygens (including phenoxy) is 2. The molecule has 0 atom stereocenters. The van der Waals surface area contributed by atoms with Crippen LogP contribution in [0.3, 0.4) is 0 Å². The van der Waals surface area contributed by atoms with E-state index >= 15 is 0 Å². The second kappa shape index (κ2) is 10.1. The van der Waals surface area contributed by atoms with Gasteiger partial charge in [-0.3, -0.25) is 4.79 Å². The van der Waals surface area contributed by atoms with Gasteiger partial charge >= 0.3 is 0 Å². The summed E-state index contributed by atoms with van der Waals surface area (Å²) in [4.78, 5) is 20.2. The Labute approximate surface area is 193 Å². The van der Waals surface area contributed by atoms with E-state index in [-0.39, 0.29) is 25.6 Å². The fourth-order valence-corrected chi connectivity index (χ4v) is 3.86. The summed E-state index contributed by atoms with van der Waals surface area (Å²) in [7, 11) is 3.18. The minimum Gasteiger partial charge on any atom is -0.497 e. The van der Waals surface area contributed by atoms with Crippen LogP contribution in [0.2, 0.25) is 0 Å². The van der Waals surface area contributed by atoms with E-state index in [1.165, 1.54) is 0 Å². The number of pyridine rings is 1. The number of methoxy groups -OCH3 is 2. The largest absolute Gasteiger partial charge is 0.497 e. The summed E-state index contributed by atoms with van der Waals surface area (Å²) in [6, 6.07) is 24.7. The van der Waals surface area contributed by atoms with E-state index in [1.807, 2.05) is 78.9 Å². The van der Waals surface area contributed by atoms with Crippen molar-refractivity contribution < 1.29 is 19.4 Å². The first-order chi connectivity index (χ1) is 16.1. The van der Waals surface area contributed by atoms with Crippen molar-refractivity contribution in [3.63, 3.8) is 0 Å². The molecule has 0 bridgehead atoms. The first-order valence-electron chi connectivity index (χ1n) is 10.7. The molecule has 0 spiro atoms. The monoisotopic (exact) mass is 442 g/mol. The average molecular weight is 443 g/mol. The number of aromatic nitrogens is 1. The highest BCUT2D eigenvalue weighted by atomic mass is 16.5. The lowest BCUT2D eigenvalue weighted by molar-refractivity contribution is 0.0708. The summed E-state index contributed by atoms with van der Waals surface area (Å²) in [5.74, 6) is 1.13. The van der Waals surface area contributed by atoms with Crippen molar-refractivity contribution in [1.82, 2.24) is 9.88 Å². The zero-order valence-corrected chi connectivity index (χ0v) is 18.7. The Morgan fingerprint density at radius 3 is 2.42 bits per heavy atom. The molecular formula is C27H26N2O4. The minimum absolute atomic E-state index is 0.160. The maximum Gasteiger partial charge on any atom is 0.255 e. The van der Waals surface area contributed by atoms with E-state index in [0.717, 1.165) is 27.7 Å². The number of carbonyl (C=O) groups excluding carboxylic acids is 1. The Kier molecular flexibility index (Phi) is 6.86. The van der Waals surface area contributed by atoms with E-state index in [1.54, 1.807) is 19.1 Å². The van der Waals surface area contributed by atoms with Crippen LogP contribution in [0.25, 0.3) is 22.2 Å². The lowest BCUT2D eigenvalue weighted by Gasteiger charge is -2.24. The highest BCUT2D eigenvalue weighted by Gasteiger charge is 2.21. The van der Waals surface area contributed by atoms with E-state index in [0.29, 0.717) is 17.1 Å². The van der Waals surface area contributed by atoms with Crippen molar-refractivity contribution in [2.75, 3.05) is 27.4 Å². The molecule has 1 amide bonds. The molecule has 0 aliphatic rings. The van der Waals surface area contributed by atoms with Crippen LogP contribution in [0.15, 0.2) is 78.9 Å². The predicted molar refractivity (Wildman–Crippen MR) is 129 cm³/mol. The number of benzene rings is 3. The van der Waals surface area contributed by atoms with Gasteiger partial charge in [-0.1, -0.05) is 48.5 Å². The summed E-state index contributed by atoms with van der Waals surface area (Å²) in [6.07, 6.45) is 0. The predicted octanol–water partition coefficient (Wildman–Crippen LogP) is 4.55. The molecule has 0 fully saturated rings. The molecule has 0 radical (unpaired) electrons. The Bertz CT molecular complexity index is 1260. The lowest BCUT2D eigenvalue weighted by atomic mass is 10.0. The molecule has 6 nitrogen and oxygen atoms in total. The van der Waals surface area contributed by atoms with Crippen molar-refractivity contribution in [2.24, 2.45) is 0 Å². The van der Waals surface area contributed by atoms with Crippen LogP contribution in [0.1, 0.15) is 15.9 Å². The number of nitrogens with zero attached hydrogens (tertiary/aromatic N) is 2. The summed E-state index contributed by atoms with van der Waals surface area (Å²) in [5, 5.41) is 10.5. The zero-order chi connectivity index (χ0) is 23.2. The number of aliphatic hydroxyl groups is 1. The molecule has 4 rings (SSSR count). The molecule has 0 saturated carbocycles. The SMILES string of the molecule is COc1ccc(OC)c(CN(CCO)C(=O)c2cc(-c3ccccc3)nc3ccccc23)c1. The Hall–Kier alpha value is -3.90. The molecule has 1 aromatic heterocycles. The van der Waals surface area contributed by atoms with Gasteiger partial charge in [0.05, 0.1) is 37.6 Å². The normalized spacial score (nSPS) is 10.8. The number of carbonyl (C=O) groups is 1. The molecule has 1 heterocycles. The van der Waals surface area contributed by atoms with Crippen LogP contribution < -0.4 is 9.47 Å². The molecule has 0 aliphatic carbocycles. The van der Waals surface area contributed by atoms with Gasteiger partial charge in [-0.05, 0) is 30.3 Å². The second-order valence-electron chi connectivity index (χ2n) is 7.57. The van der Waals surface area contributed by atoms with Gasteiger partial charge < -0.3 is 19.5 Å². The molecular weight excluding hydrogens is 416 g/mol. The van der Waals surface area contributed by atoms with Gasteiger partial charge in [-0.25, -0.2) is 4.98 Å². The summed E-state index contributed by atoms with van der Waals surface area (Å²) in [5.41, 5.74) is 3.72. The van der Waals surface area contributed by atoms with Crippen LogP contribution >= 0.6 is 0 Å². The molecule has 3 aromatic carbocycles. The topological polar surface area (TPSA) is 71.9 Å². The quantitative estimate of drug-likeness (QED) is 0.433. The van der Waals surface area contributed by atoms with Gasteiger partial charge in [0.1, 0.15) is 11.5 Å². The standard InChI is InChI=1S/C27H26N2O4/c1-32-21-12-13-26(33-2)20(16-21)18-29(14-15-30)27(31)23-17-25(19-8-4-3-5-9-19)28-24-11-7-6-10-22(23)24/h3-13,16-17,30H,14-15,18H2,1-2H3. The second-order valence-corrected chi connectivity index (χ2v) is 7.57. The third kappa shape index (κ3) is 4.81. The van der Waals surface area contributed by atoms with Crippen molar-refractivity contribution in [1.29, 1.82) is 0 Å². The third-order valence-corrected chi connectivity index (χ3v) is 5.52. The van der Waals surface area contributed by atoms with Crippen LogP contribution in [-0.2, 0) is 6.54 Å². The van der Waals surface area contributed by atoms with Gasteiger partial charge in [0.2, 0.25) is 0 Å². The first kappa shape index (κ1) is 22.3. The minimum atomic E-state index is -0.190. The number of amides is 1. The van der Waals surface area contributed by atoms with Gasteiger partial charge in [-0.2, -0.15) is 0 Å². The zero-order valence-electron chi connectivity index (χ0n) is 18.7. The number of aliphatic hydroxyl groups excluding tert-OH is 1. The van der Waals surface area contributed by atoms with Crippen LogP contribution in [0, 0.1) is 0 Å². The van der Waals surface area contributed by atoms with Crippen molar-refractivity contribution in [3.05, 3.63) is 90.0 Å². The van der Waals surface area contributed by atoms with Gasteiger partial charge in [0.15, 0.2) is 0 Å². The van der Waals surface area contributed by atoms with Crippen LogP contribution in [0.4, 0.5) is 0 Å². The summed E-state index contributed by atoms with van der Waals surface area (Å²) < 4.78 is 10.8. The Morgan fingerprint density at radius 2 is 1.70 bits per heavy atom. The number of rotatable bonds is 8. The lowest BCUT2D eigenvalue weighted by Crippen LogP contribution is -2.33. The molecule has 33 heavy (non-hydrogen) atoms. The number of hydrogen-bond donors (Lipinski definition) is 1. The highest BCUT2D eigenvalue weighted by molar-refractivity contribution is 6.07. The van der Waals surface area contributed by atoms with Crippen molar-refractivity contribution >= 4 is 16.8 Å². The third-order valence-electron chi connectivity index (χ3n) is 5.52. The Morgan fingerprint density at radius 1 is 0.939 bits per heavy atom. The number of fused-ring (bicyclic) bond motifs is 1. The van der Waals surface area contributed by atoms with Gasteiger partial charge in [0.25, 0.3) is 5.91 Å². The molecule has 4 aromatic rings. The molecule has 0 unspecified atom stereocenters. The molecule has 0 aliphatic heterocycles. The fourth-order valence-electron chi connectivity index (χ4n) is 3.86.